The minimum absolute atomic E-state index is 0.00652. The van der Waals surface area contributed by atoms with Crippen molar-refractivity contribution in [1.82, 2.24) is 5.32 Å². The van der Waals surface area contributed by atoms with Gasteiger partial charge in [0, 0.05) is 10.8 Å². The number of rotatable bonds is 5. The topological polar surface area (TPSA) is 41.5 Å². The van der Waals surface area contributed by atoms with Gasteiger partial charge in [0.1, 0.15) is 4.38 Å². The van der Waals surface area contributed by atoms with Crippen molar-refractivity contribution in [1.29, 1.82) is 0 Å². The van der Waals surface area contributed by atoms with Gasteiger partial charge in [-0.25, -0.2) is 4.99 Å². The first-order chi connectivity index (χ1) is 12.2. The van der Waals surface area contributed by atoms with Crippen LogP contribution in [0.4, 0.5) is 5.69 Å². The van der Waals surface area contributed by atoms with Crippen LogP contribution in [-0.4, -0.2) is 16.0 Å². The van der Waals surface area contributed by atoms with E-state index in [9.17, 15) is 4.79 Å². The van der Waals surface area contributed by atoms with Crippen LogP contribution in [0.1, 0.15) is 30.5 Å². The minimum atomic E-state index is 0.00652. The summed E-state index contributed by atoms with van der Waals surface area (Å²) >= 11 is 9.12. The molecule has 1 aliphatic heterocycles. The molecule has 0 saturated carbocycles. The Balaban J connectivity index is 1.56. The van der Waals surface area contributed by atoms with Gasteiger partial charge in [-0.05, 0) is 35.7 Å². The average molecular weight is 391 g/mol. The summed E-state index contributed by atoms with van der Waals surface area (Å²) in [6, 6.07) is 15.8. The number of carbonyl (C=O) groups is 1. The lowest BCUT2D eigenvalue weighted by Crippen LogP contribution is -2.29. The molecule has 1 N–H and O–H groups in total. The number of amides is 1. The van der Waals surface area contributed by atoms with Crippen LogP contribution in [0.15, 0.2) is 53.5 Å². The number of hydrogen-bond acceptors (Lipinski definition) is 4. The predicted molar refractivity (Wildman–Crippen MR) is 110 cm³/mol. The fraction of sp³-hybridized carbons (Fsp3) is 0.263. The molecule has 0 fully saturated rings. The number of aliphatic imine (C=N–C) groups is 1. The summed E-state index contributed by atoms with van der Waals surface area (Å²) in [4.78, 5) is 17.0. The molecule has 3 rings (SSSR count). The summed E-state index contributed by atoms with van der Waals surface area (Å²) in [5.41, 5.74) is 3.33. The van der Waals surface area contributed by atoms with E-state index in [4.69, 9.17) is 11.6 Å². The Morgan fingerprint density at radius 2 is 2.04 bits per heavy atom. The zero-order valence-electron chi connectivity index (χ0n) is 13.9. The molecule has 0 spiro atoms. The second kappa shape index (κ2) is 8.79. The summed E-state index contributed by atoms with van der Waals surface area (Å²) in [5, 5.41) is 3.80. The van der Waals surface area contributed by atoms with Gasteiger partial charge in [0.2, 0.25) is 5.91 Å². The third kappa shape index (κ3) is 5.03. The van der Waals surface area contributed by atoms with Crippen molar-refractivity contribution >= 4 is 51.1 Å². The lowest BCUT2D eigenvalue weighted by Gasteiger charge is -2.18. The minimum Gasteiger partial charge on any atom is -0.349 e. The molecule has 1 amide bonds. The Hall–Kier alpha value is -1.43. The highest BCUT2D eigenvalue weighted by Gasteiger charge is 2.16. The van der Waals surface area contributed by atoms with Crippen molar-refractivity contribution in [3.8, 4) is 0 Å². The van der Waals surface area contributed by atoms with Gasteiger partial charge in [-0.15, -0.1) is 0 Å². The molecular formula is C19H19ClN2OS2. The number of hydrogen-bond donors (Lipinski definition) is 1. The molecule has 0 saturated heterocycles. The van der Waals surface area contributed by atoms with E-state index in [1.165, 1.54) is 17.3 Å². The molecule has 0 radical (unpaired) electrons. The molecule has 1 unspecified atom stereocenters. The zero-order valence-corrected chi connectivity index (χ0v) is 16.3. The van der Waals surface area contributed by atoms with Gasteiger partial charge in [-0.1, -0.05) is 72.4 Å². The Labute approximate surface area is 161 Å². The van der Waals surface area contributed by atoms with Crippen molar-refractivity contribution in [3.05, 3.63) is 64.7 Å². The van der Waals surface area contributed by atoms with Gasteiger partial charge in [0.05, 0.1) is 17.5 Å². The smallest absolute Gasteiger partial charge is 0.230 e. The first-order valence-corrected chi connectivity index (χ1v) is 10.5. The second-order valence-corrected chi connectivity index (χ2v) is 8.29. The number of para-hydroxylation sites is 1. The molecular weight excluding hydrogens is 372 g/mol. The van der Waals surface area contributed by atoms with Crippen LogP contribution in [-0.2, 0) is 10.5 Å². The first kappa shape index (κ1) is 18.4. The van der Waals surface area contributed by atoms with Crippen molar-refractivity contribution < 1.29 is 4.79 Å². The van der Waals surface area contributed by atoms with Crippen LogP contribution in [0.3, 0.4) is 0 Å². The normalized spacial score (nSPS) is 14.4. The second-order valence-electron chi connectivity index (χ2n) is 5.66. The van der Waals surface area contributed by atoms with Crippen LogP contribution in [0.2, 0.25) is 5.02 Å². The van der Waals surface area contributed by atoms with E-state index in [0.717, 1.165) is 27.8 Å². The average Bonchev–Trinajstić information content (AvgIpc) is 2.65. The Morgan fingerprint density at radius 3 is 2.80 bits per heavy atom. The Bertz CT molecular complexity index is 777. The summed E-state index contributed by atoms with van der Waals surface area (Å²) in [5.74, 6) is 1.30. The van der Waals surface area contributed by atoms with Crippen LogP contribution < -0.4 is 5.32 Å². The van der Waals surface area contributed by atoms with Crippen molar-refractivity contribution in [2.45, 2.75) is 25.1 Å². The summed E-state index contributed by atoms with van der Waals surface area (Å²) in [6.07, 6.45) is 0.834. The van der Waals surface area contributed by atoms with E-state index in [1.54, 1.807) is 11.8 Å². The molecule has 6 heteroatoms. The van der Waals surface area contributed by atoms with E-state index in [2.05, 4.69) is 23.3 Å². The molecule has 0 aliphatic carbocycles. The van der Waals surface area contributed by atoms with Crippen LogP contribution in [0.5, 0.6) is 0 Å². The summed E-state index contributed by atoms with van der Waals surface area (Å²) in [6.45, 7) is 2.06. The van der Waals surface area contributed by atoms with E-state index in [0.29, 0.717) is 10.8 Å². The third-order valence-corrected chi connectivity index (χ3v) is 6.39. The lowest BCUT2D eigenvalue weighted by atomic mass is 10.0. The monoisotopic (exact) mass is 390 g/mol. The number of carbonyl (C=O) groups excluding carboxylic acids is 1. The molecule has 1 heterocycles. The highest BCUT2D eigenvalue weighted by Crippen LogP contribution is 2.34. The molecule has 0 bridgehead atoms. The molecule has 1 aliphatic rings. The number of nitrogens with one attached hydrogen (secondary N) is 1. The molecule has 2 aromatic carbocycles. The van der Waals surface area contributed by atoms with Crippen molar-refractivity contribution in [2.24, 2.45) is 4.99 Å². The maximum Gasteiger partial charge on any atom is 0.230 e. The van der Waals surface area contributed by atoms with E-state index >= 15 is 0 Å². The van der Waals surface area contributed by atoms with E-state index in [-0.39, 0.29) is 11.9 Å². The molecule has 130 valence electrons. The number of halogens is 1. The van der Waals surface area contributed by atoms with Crippen molar-refractivity contribution in [2.75, 3.05) is 5.75 Å². The Kier molecular flexibility index (Phi) is 6.45. The highest BCUT2D eigenvalue weighted by molar-refractivity contribution is 8.38. The van der Waals surface area contributed by atoms with Crippen LogP contribution in [0.25, 0.3) is 0 Å². The number of thioether (sulfide) groups is 2. The summed E-state index contributed by atoms with van der Waals surface area (Å²) < 4.78 is 0.952. The zero-order chi connectivity index (χ0) is 17.6. The largest absolute Gasteiger partial charge is 0.349 e. The van der Waals surface area contributed by atoms with Gasteiger partial charge in [0.15, 0.2) is 0 Å². The molecule has 3 nitrogen and oxygen atoms in total. The fourth-order valence-electron chi connectivity index (χ4n) is 2.57. The molecule has 1 atom stereocenters. The lowest BCUT2D eigenvalue weighted by molar-refractivity contribution is -0.119. The SMILES string of the molecule is CCC(NC(=O)CSC1=Nc2ccccc2CS1)c1ccc(Cl)cc1. The number of nitrogens with zero attached hydrogens (tertiary/aromatic N) is 1. The van der Waals surface area contributed by atoms with Crippen LogP contribution >= 0.6 is 35.1 Å². The highest BCUT2D eigenvalue weighted by atomic mass is 35.5. The van der Waals surface area contributed by atoms with Gasteiger partial charge in [-0.2, -0.15) is 0 Å². The van der Waals surface area contributed by atoms with E-state index in [1.807, 2.05) is 42.5 Å². The van der Waals surface area contributed by atoms with Crippen LogP contribution in [0, 0.1) is 0 Å². The van der Waals surface area contributed by atoms with Gasteiger partial charge in [-0.3, -0.25) is 4.79 Å². The molecule has 25 heavy (non-hydrogen) atoms. The maximum absolute atomic E-state index is 12.3. The number of benzene rings is 2. The third-order valence-electron chi connectivity index (χ3n) is 3.90. The summed E-state index contributed by atoms with van der Waals surface area (Å²) in [7, 11) is 0. The Morgan fingerprint density at radius 1 is 1.28 bits per heavy atom. The quantitative estimate of drug-likeness (QED) is 0.725. The maximum atomic E-state index is 12.3. The first-order valence-electron chi connectivity index (χ1n) is 8.12. The molecule has 2 aromatic rings. The fourth-order valence-corrected chi connectivity index (χ4v) is 4.57. The standard InChI is InChI=1S/C19H19ClN2OS2/c1-2-16(13-7-9-15(20)10-8-13)21-18(23)12-25-19-22-17-6-4-3-5-14(17)11-24-19/h3-10,16H,2,11-12H2,1H3,(H,21,23). The predicted octanol–water partition coefficient (Wildman–Crippen LogP) is 5.58. The van der Waals surface area contributed by atoms with Gasteiger partial charge in [0.25, 0.3) is 0 Å². The number of fused-ring (bicyclic) bond motifs is 1. The van der Waals surface area contributed by atoms with Crippen molar-refractivity contribution in [3.63, 3.8) is 0 Å². The van der Waals surface area contributed by atoms with Gasteiger partial charge >= 0.3 is 0 Å². The van der Waals surface area contributed by atoms with E-state index < -0.39 is 0 Å². The van der Waals surface area contributed by atoms with Gasteiger partial charge < -0.3 is 5.32 Å². The molecule has 0 aromatic heterocycles.